The van der Waals surface area contributed by atoms with Gasteiger partial charge in [0, 0.05) is 30.2 Å². The lowest BCUT2D eigenvalue weighted by Crippen LogP contribution is -2.38. The molecule has 1 amide bonds. The lowest BCUT2D eigenvalue weighted by molar-refractivity contribution is 0.102. The molecule has 0 radical (unpaired) electrons. The van der Waals surface area contributed by atoms with Crippen LogP contribution in [-0.4, -0.2) is 30.2 Å². The molecule has 7 heteroatoms. The Morgan fingerprint density at radius 2 is 1.77 bits per heavy atom. The Morgan fingerprint density at radius 1 is 1.03 bits per heavy atom. The third-order valence-corrected chi connectivity index (χ3v) is 7.48. The number of amides is 1. The number of nitrogens with zero attached hydrogens (tertiary/aromatic N) is 2. The summed E-state index contributed by atoms with van der Waals surface area (Å²) in [6, 6.07) is 17.2. The zero-order valence-corrected chi connectivity index (χ0v) is 18.2. The minimum Gasteiger partial charge on any atom is -0.322 e. The highest BCUT2D eigenvalue weighted by molar-refractivity contribution is 7.89. The van der Waals surface area contributed by atoms with E-state index in [2.05, 4.69) is 10.3 Å². The lowest BCUT2D eigenvalue weighted by atomic mass is 9.99. The Kier molecular flexibility index (Phi) is 6.15. The van der Waals surface area contributed by atoms with Gasteiger partial charge in [0.2, 0.25) is 10.0 Å². The molecule has 4 rings (SSSR count). The Morgan fingerprint density at radius 3 is 2.45 bits per heavy atom. The third-order valence-electron chi connectivity index (χ3n) is 5.56. The summed E-state index contributed by atoms with van der Waals surface area (Å²) in [5.41, 5.74) is 3.09. The van der Waals surface area contributed by atoms with E-state index in [-0.39, 0.29) is 16.8 Å². The number of aromatic nitrogens is 1. The van der Waals surface area contributed by atoms with Gasteiger partial charge in [0.1, 0.15) is 0 Å². The van der Waals surface area contributed by atoms with Gasteiger partial charge in [0.15, 0.2) is 0 Å². The van der Waals surface area contributed by atoms with E-state index in [4.69, 9.17) is 0 Å². The molecule has 2 heterocycles. The number of aryl methyl sites for hydroxylation is 1. The van der Waals surface area contributed by atoms with Crippen LogP contribution in [0.15, 0.2) is 78.0 Å². The number of nitrogens with one attached hydrogen (secondary N) is 1. The largest absolute Gasteiger partial charge is 0.322 e. The topological polar surface area (TPSA) is 79.4 Å². The predicted molar refractivity (Wildman–Crippen MR) is 120 cm³/mol. The highest BCUT2D eigenvalue weighted by atomic mass is 32.2. The van der Waals surface area contributed by atoms with E-state index in [0.717, 1.165) is 30.4 Å². The number of carbonyl (C=O) groups excluding carboxylic acids is 1. The Labute approximate surface area is 183 Å². The minimum atomic E-state index is -3.67. The van der Waals surface area contributed by atoms with E-state index < -0.39 is 10.0 Å². The summed E-state index contributed by atoms with van der Waals surface area (Å²) >= 11 is 0. The van der Waals surface area contributed by atoms with Crippen molar-refractivity contribution in [2.75, 3.05) is 11.9 Å². The fourth-order valence-corrected chi connectivity index (χ4v) is 5.54. The van der Waals surface area contributed by atoms with Crippen LogP contribution < -0.4 is 5.32 Å². The number of anilines is 1. The van der Waals surface area contributed by atoms with Crippen LogP contribution in [0.2, 0.25) is 0 Å². The van der Waals surface area contributed by atoms with Gasteiger partial charge in [0.25, 0.3) is 5.91 Å². The van der Waals surface area contributed by atoms with Crippen LogP contribution in [0, 0.1) is 6.92 Å². The average Bonchev–Trinajstić information content (AvgIpc) is 2.80. The zero-order chi connectivity index (χ0) is 21.8. The maximum absolute atomic E-state index is 13.4. The van der Waals surface area contributed by atoms with E-state index in [1.54, 1.807) is 53.1 Å². The molecule has 2 aromatic carbocycles. The molecule has 1 aliphatic heterocycles. The summed E-state index contributed by atoms with van der Waals surface area (Å²) in [7, 11) is -3.67. The summed E-state index contributed by atoms with van der Waals surface area (Å²) in [5.74, 6) is -0.233. The molecular formula is C24H25N3O3S. The molecule has 31 heavy (non-hydrogen) atoms. The van der Waals surface area contributed by atoms with Gasteiger partial charge in [-0.15, -0.1) is 0 Å². The second-order valence-corrected chi connectivity index (χ2v) is 9.65. The van der Waals surface area contributed by atoms with Gasteiger partial charge in [-0.3, -0.25) is 9.78 Å². The second-order valence-electron chi connectivity index (χ2n) is 7.76. The van der Waals surface area contributed by atoms with E-state index in [9.17, 15) is 13.2 Å². The fraction of sp³-hybridized carbons (Fsp3) is 0.250. The quantitative estimate of drug-likeness (QED) is 0.637. The molecule has 0 unspecified atom stereocenters. The highest BCUT2D eigenvalue weighted by Gasteiger charge is 2.34. The molecule has 0 aliphatic carbocycles. The Bertz CT molecular complexity index is 1140. The second kappa shape index (κ2) is 8.99. The molecule has 1 fully saturated rings. The first-order chi connectivity index (χ1) is 14.9. The number of carbonyl (C=O) groups is 1. The summed E-state index contributed by atoms with van der Waals surface area (Å²) < 4.78 is 28.3. The van der Waals surface area contributed by atoms with Crippen molar-refractivity contribution >= 4 is 21.6 Å². The van der Waals surface area contributed by atoms with Crippen LogP contribution in [0.5, 0.6) is 0 Å². The first-order valence-corrected chi connectivity index (χ1v) is 11.8. The van der Waals surface area contributed by atoms with Crippen LogP contribution in [0.25, 0.3) is 0 Å². The molecule has 160 valence electrons. The van der Waals surface area contributed by atoms with Crippen LogP contribution in [-0.2, 0) is 10.0 Å². The maximum atomic E-state index is 13.4. The van der Waals surface area contributed by atoms with Gasteiger partial charge in [-0.2, -0.15) is 4.31 Å². The van der Waals surface area contributed by atoms with E-state index >= 15 is 0 Å². The summed E-state index contributed by atoms with van der Waals surface area (Å²) in [4.78, 5) is 16.8. The molecule has 0 spiro atoms. The number of hydrogen-bond donors (Lipinski definition) is 1. The molecule has 1 atom stereocenters. The average molecular weight is 436 g/mol. The standard InChI is InChI=1S/C24H25N3O3S/c1-18-7-9-19(10-8-18)24(28)26-21-11-13-22(14-12-21)31(29,30)27-16-3-2-6-23(27)20-5-4-15-25-17-20/h4-5,7-15,17,23H,2-3,6,16H2,1H3,(H,26,28)/t23-/m0/s1. The Balaban J connectivity index is 1.53. The molecule has 0 bridgehead atoms. The van der Waals surface area contributed by atoms with E-state index in [0.29, 0.717) is 17.8 Å². The smallest absolute Gasteiger partial charge is 0.255 e. The van der Waals surface area contributed by atoms with Gasteiger partial charge < -0.3 is 5.32 Å². The van der Waals surface area contributed by atoms with Crippen LogP contribution in [0.4, 0.5) is 5.69 Å². The van der Waals surface area contributed by atoms with E-state index in [1.807, 2.05) is 31.2 Å². The third kappa shape index (κ3) is 4.68. The fourth-order valence-electron chi connectivity index (χ4n) is 3.85. The number of hydrogen-bond acceptors (Lipinski definition) is 4. The SMILES string of the molecule is Cc1ccc(C(=O)Nc2ccc(S(=O)(=O)N3CCCC[C@H]3c3cccnc3)cc2)cc1. The lowest BCUT2D eigenvalue weighted by Gasteiger charge is -2.34. The van der Waals surface area contributed by atoms with Crippen molar-refractivity contribution < 1.29 is 13.2 Å². The predicted octanol–water partition coefficient (Wildman–Crippen LogP) is 4.56. The molecule has 0 saturated carbocycles. The van der Waals surface area contributed by atoms with Gasteiger partial charge in [-0.25, -0.2) is 8.42 Å². The molecule has 1 saturated heterocycles. The van der Waals surface area contributed by atoms with Crippen LogP contribution >= 0.6 is 0 Å². The van der Waals surface area contributed by atoms with Crippen molar-refractivity contribution in [1.82, 2.24) is 9.29 Å². The summed E-state index contributed by atoms with van der Waals surface area (Å²) in [6.45, 7) is 2.44. The molecular weight excluding hydrogens is 410 g/mol. The van der Waals surface area contributed by atoms with Gasteiger partial charge in [0.05, 0.1) is 10.9 Å². The molecule has 1 aromatic heterocycles. The first-order valence-electron chi connectivity index (χ1n) is 10.3. The number of rotatable bonds is 5. The number of sulfonamides is 1. The minimum absolute atomic E-state index is 0.214. The molecule has 3 aromatic rings. The van der Waals surface area contributed by atoms with E-state index in [1.165, 1.54) is 0 Å². The van der Waals surface area contributed by atoms with Crippen molar-refractivity contribution in [2.24, 2.45) is 0 Å². The number of pyridine rings is 1. The maximum Gasteiger partial charge on any atom is 0.255 e. The zero-order valence-electron chi connectivity index (χ0n) is 17.4. The van der Waals surface area contributed by atoms with Gasteiger partial charge in [-0.05, 0) is 67.8 Å². The van der Waals surface area contributed by atoms with Crippen molar-refractivity contribution in [3.05, 3.63) is 89.7 Å². The Hall–Kier alpha value is -3.03. The van der Waals surface area contributed by atoms with Crippen molar-refractivity contribution in [3.63, 3.8) is 0 Å². The van der Waals surface area contributed by atoms with Gasteiger partial charge in [-0.1, -0.05) is 30.2 Å². The van der Waals surface area contributed by atoms with Crippen LogP contribution in [0.1, 0.15) is 46.8 Å². The first kappa shape index (κ1) is 21.2. The summed E-state index contributed by atoms with van der Waals surface area (Å²) in [5, 5.41) is 2.81. The molecule has 6 nitrogen and oxygen atoms in total. The van der Waals surface area contributed by atoms with Crippen LogP contribution in [0.3, 0.4) is 0 Å². The summed E-state index contributed by atoms with van der Waals surface area (Å²) in [6.07, 6.45) is 6.02. The van der Waals surface area contributed by atoms with Crippen molar-refractivity contribution in [2.45, 2.75) is 37.1 Å². The molecule has 1 aliphatic rings. The monoisotopic (exact) mass is 435 g/mol. The number of benzene rings is 2. The number of piperidine rings is 1. The highest BCUT2D eigenvalue weighted by Crippen LogP contribution is 2.35. The van der Waals surface area contributed by atoms with Gasteiger partial charge >= 0.3 is 0 Å². The molecule has 1 N–H and O–H groups in total. The van der Waals surface area contributed by atoms with Crippen molar-refractivity contribution in [1.29, 1.82) is 0 Å². The van der Waals surface area contributed by atoms with Crippen molar-refractivity contribution in [3.8, 4) is 0 Å². The normalized spacial score (nSPS) is 17.3.